The fourth-order valence-electron chi connectivity index (χ4n) is 2.06. The van der Waals surface area contributed by atoms with Crippen molar-refractivity contribution in [2.45, 2.75) is 52.6 Å². The van der Waals surface area contributed by atoms with E-state index in [-0.39, 0.29) is 0 Å². The van der Waals surface area contributed by atoms with Crippen LogP contribution in [0.2, 0.25) is 0 Å². The second-order valence-electron chi connectivity index (χ2n) is 5.36. The number of nitrogens with one attached hydrogen (secondary N) is 1. The topological polar surface area (TPSA) is 37.2 Å². The van der Waals surface area contributed by atoms with Crippen LogP contribution in [0.15, 0.2) is 18.3 Å². The first kappa shape index (κ1) is 15.3. The summed E-state index contributed by atoms with van der Waals surface area (Å²) < 4.78 is 2.34. The highest BCUT2D eigenvalue weighted by Crippen LogP contribution is 2.07. The van der Waals surface area contributed by atoms with Gasteiger partial charge in [-0.25, -0.2) is 0 Å². The maximum atomic E-state index is 8.72. The normalized spacial score (nSPS) is 11.3. The lowest BCUT2D eigenvalue weighted by Crippen LogP contribution is -2.20. The highest BCUT2D eigenvalue weighted by molar-refractivity contribution is 5.06. The van der Waals surface area contributed by atoms with E-state index in [1.165, 1.54) is 18.5 Å². The zero-order chi connectivity index (χ0) is 13.2. The lowest BCUT2D eigenvalue weighted by Gasteiger charge is -2.11. The Kier molecular flexibility index (Phi) is 7.78. The third kappa shape index (κ3) is 6.22. The Balaban J connectivity index is 2.22. The largest absolute Gasteiger partial charge is 0.396 e. The fraction of sp³-hybridized carbons (Fsp3) is 0.733. The lowest BCUT2D eigenvalue weighted by molar-refractivity contribution is 0.282. The van der Waals surface area contributed by atoms with Gasteiger partial charge in [-0.3, -0.25) is 0 Å². The maximum Gasteiger partial charge on any atom is 0.0431 e. The number of aliphatic hydroxyl groups is 1. The van der Waals surface area contributed by atoms with E-state index in [1.54, 1.807) is 0 Å². The number of nitrogens with zero attached hydrogens (tertiary/aromatic N) is 1. The average molecular weight is 252 g/mol. The van der Waals surface area contributed by atoms with Gasteiger partial charge in [0.2, 0.25) is 0 Å². The molecule has 1 heterocycles. The van der Waals surface area contributed by atoms with Crippen LogP contribution in [0.4, 0.5) is 0 Å². The average Bonchev–Trinajstić information content (AvgIpc) is 2.76. The lowest BCUT2D eigenvalue weighted by atomic mass is 10.2. The fourth-order valence-corrected chi connectivity index (χ4v) is 2.06. The molecular formula is C15H28N2O. The molecule has 2 N–H and O–H groups in total. The zero-order valence-electron chi connectivity index (χ0n) is 11.9. The minimum Gasteiger partial charge on any atom is -0.396 e. The van der Waals surface area contributed by atoms with Crippen molar-refractivity contribution in [3.05, 3.63) is 24.0 Å². The molecule has 0 radical (unpaired) electrons. The van der Waals surface area contributed by atoms with E-state index >= 15 is 0 Å². The molecule has 0 unspecified atom stereocenters. The molecule has 3 nitrogen and oxygen atoms in total. The first-order valence-corrected chi connectivity index (χ1v) is 7.19. The first-order valence-electron chi connectivity index (χ1n) is 7.19. The molecule has 18 heavy (non-hydrogen) atoms. The second-order valence-corrected chi connectivity index (χ2v) is 5.36. The molecule has 0 saturated heterocycles. The molecule has 104 valence electrons. The summed E-state index contributed by atoms with van der Waals surface area (Å²) in [5.41, 5.74) is 1.37. The summed E-state index contributed by atoms with van der Waals surface area (Å²) in [6, 6.07) is 4.32. The number of hydrogen-bond donors (Lipinski definition) is 2. The van der Waals surface area contributed by atoms with Crippen molar-refractivity contribution < 1.29 is 5.11 Å². The summed E-state index contributed by atoms with van der Waals surface area (Å²) in [5.74, 6) is 0.701. The van der Waals surface area contributed by atoms with Gasteiger partial charge < -0.3 is 15.0 Å². The smallest absolute Gasteiger partial charge is 0.0431 e. The van der Waals surface area contributed by atoms with E-state index in [0.717, 1.165) is 32.5 Å². The van der Waals surface area contributed by atoms with Crippen LogP contribution in [0.25, 0.3) is 0 Å². The molecule has 0 saturated carbocycles. The van der Waals surface area contributed by atoms with Crippen LogP contribution in [-0.2, 0) is 13.1 Å². The van der Waals surface area contributed by atoms with Gasteiger partial charge in [-0.1, -0.05) is 26.7 Å². The molecule has 0 amide bonds. The van der Waals surface area contributed by atoms with Crippen molar-refractivity contribution in [3.8, 4) is 0 Å². The van der Waals surface area contributed by atoms with Gasteiger partial charge in [0.1, 0.15) is 0 Å². The highest BCUT2D eigenvalue weighted by atomic mass is 16.2. The minimum absolute atomic E-state index is 0.327. The van der Waals surface area contributed by atoms with E-state index in [9.17, 15) is 0 Å². The Hall–Kier alpha value is -0.800. The molecule has 0 aromatic carbocycles. The summed E-state index contributed by atoms with van der Waals surface area (Å²) in [7, 11) is 0. The molecule has 0 bridgehead atoms. The Bertz CT molecular complexity index is 307. The molecular weight excluding hydrogens is 224 g/mol. The van der Waals surface area contributed by atoms with Crippen molar-refractivity contribution in [2.24, 2.45) is 5.92 Å². The van der Waals surface area contributed by atoms with E-state index in [2.05, 4.69) is 42.1 Å². The van der Waals surface area contributed by atoms with Gasteiger partial charge in [0.15, 0.2) is 0 Å². The van der Waals surface area contributed by atoms with Gasteiger partial charge in [-0.2, -0.15) is 0 Å². The van der Waals surface area contributed by atoms with Gasteiger partial charge in [-0.05, 0) is 37.4 Å². The predicted molar refractivity (Wildman–Crippen MR) is 76.5 cm³/mol. The minimum atomic E-state index is 0.327. The van der Waals surface area contributed by atoms with Gasteiger partial charge in [0.25, 0.3) is 0 Å². The predicted octanol–water partition coefficient (Wildman–Crippen LogP) is 2.79. The molecule has 3 heteroatoms. The maximum absolute atomic E-state index is 8.72. The number of aromatic nitrogens is 1. The van der Waals surface area contributed by atoms with Crippen molar-refractivity contribution in [1.82, 2.24) is 9.88 Å². The Morgan fingerprint density at radius 2 is 2.00 bits per heavy atom. The summed E-state index contributed by atoms with van der Waals surface area (Å²) >= 11 is 0. The monoisotopic (exact) mass is 252 g/mol. The van der Waals surface area contributed by atoms with Crippen molar-refractivity contribution in [1.29, 1.82) is 0 Å². The number of hydrogen-bond acceptors (Lipinski definition) is 2. The van der Waals surface area contributed by atoms with E-state index in [0.29, 0.717) is 12.5 Å². The van der Waals surface area contributed by atoms with Crippen LogP contribution >= 0.6 is 0 Å². The molecule has 0 aliphatic carbocycles. The van der Waals surface area contributed by atoms with Gasteiger partial charge >= 0.3 is 0 Å². The summed E-state index contributed by atoms with van der Waals surface area (Å²) in [6.45, 7) is 7.91. The standard InChI is InChI=1S/C15H28N2O/c1-14(2)12-16-13-15-8-7-10-17(15)9-5-3-4-6-11-18/h7-8,10,14,16,18H,3-6,9,11-13H2,1-2H3. The zero-order valence-corrected chi connectivity index (χ0v) is 11.9. The number of aliphatic hydroxyl groups excluding tert-OH is 1. The molecule has 0 spiro atoms. The Morgan fingerprint density at radius 3 is 2.72 bits per heavy atom. The molecule has 0 aliphatic rings. The summed E-state index contributed by atoms with van der Waals surface area (Å²) in [5, 5.41) is 12.2. The van der Waals surface area contributed by atoms with Gasteiger partial charge in [0.05, 0.1) is 0 Å². The van der Waals surface area contributed by atoms with Crippen LogP contribution in [0.5, 0.6) is 0 Å². The number of aryl methyl sites for hydroxylation is 1. The Morgan fingerprint density at radius 1 is 1.22 bits per heavy atom. The van der Waals surface area contributed by atoms with Gasteiger partial charge in [0, 0.05) is 31.6 Å². The first-order chi connectivity index (χ1) is 8.74. The van der Waals surface area contributed by atoms with E-state index in [4.69, 9.17) is 5.11 Å². The second kappa shape index (κ2) is 9.17. The quantitative estimate of drug-likeness (QED) is 0.628. The number of unbranched alkanes of at least 4 members (excludes halogenated alkanes) is 3. The van der Waals surface area contributed by atoms with Crippen molar-refractivity contribution >= 4 is 0 Å². The summed E-state index contributed by atoms with van der Waals surface area (Å²) in [4.78, 5) is 0. The number of rotatable bonds is 10. The molecule has 1 rings (SSSR count). The third-order valence-corrected chi connectivity index (χ3v) is 3.09. The Labute approximate surface area is 111 Å². The molecule has 0 fully saturated rings. The van der Waals surface area contributed by atoms with Gasteiger partial charge in [-0.15, -0.1) is 0 Å². The van der Waals surface area contributed by atoms with E-state index in [1.807, 2.05) is 0 Å². The third-order valence-electron chi connectivity index (χ3n) is 3.09. The van der Waals surface area contributed by atoms with Crippen LogP contribution in [0, 0.1) is 5.92 Å². The van der Waals surface area contributed by atoms with Crippen LogP contribution < -0.4 is 5.32 Å². The SMILES string of the molecule is CC(C)CNCc1cccn1CCCCCCO. The van der Waals surface area contributed by atoms with Crippen LogP contribution in [0.3, 0.4) is 0 Å². The molecule has 1 aromatic heterocycles. The van der Waals surface area contributed by atoms with E-state index < -0.39 is 0 Å². The van der Waals surface area contributed by atoms with Crippen LogP contribution in [-0.4, -0.2) is 22.8 Å². The molecule has 0 aliphatic heterocycles. The summed E-state index contributed by atoms with van der Waals surface area (Å²) in [6.07, 6.45) is 6.65. The van der Waals surface area contributed by atoms with Crippen molar-refractivity contribution in [3.63, 3.8) is 0 Å². The highest BCUT2D eigenvalue weighted by Gasteiger charge is 2.01. The molecule has 0 atom stereocenters. The van der Waals surface area contributed by atoms with Crippen LogP contribution in [0.1, 0.15) is 45.2 Å². The van der Waals surface area contributed by atoms with Crippen molar-refractivity contribution in [2.75, 3.05) is 13.2 Å². The molecule has 1 aromatic rings.